The number of urea groups is 1. The summed E-state index contributed by atoms with van der Waals surface area (Å²) in [6, 6.07) is 5.40. The lowest BCUT2D eigenvalue weighted by Gasteiger charge is -2.41. The van der Waals surface area contributed by atoms with E-state index in [1.165, 1.54) is 19.1 Å². The first-order valence-corrected chi connectivity index (χ1v) is 24.8. The number of rotatable bonds is 24. The Balaban J connectivity index is 2.25. The number of aliphatic hydroxyl groups is 1. The minimum Gasteiger partial charge on any atom is -0.386 e. The molecular weight excluding hydrogens is 801 g/mol. The van der Waals surface area contributed by atoms with Crippen LogP contribution >= 0.6 is 0 Å². The number of methoxy groups -OCH3 is 2. The molecule has 1 saturated heterocycles. The quantitative estimate of drug-likeness (QED) is 0.0765. The Hall–Kier alpha value is -3.60. The molecule has 1 heterocycles. The van der Waals surface area contributed by atoms with Gasteiger partial charge in [0.05, 0.1) is 48.8 Å². The summed E-state index contributed by atoms with van der Waals surface area (Å²) in [6.45, 7) is 15.7. The van der Waals surface area contributed by atoms with Gasteiger partial charge < -0.3 is 45.2 Å². The van der Waals surface area contributed by atoms with Crippen LogP contribution in [-0.4, -0.2) is 156 Å². The number of thiol groups is 1. The lowest BCUT2D eigenvalue weighted by molar-refractivity contribution is -0.148. The summed E-state index contributed by atoms with van der Waals surface area (Å²) in [5, 5.41) is 19.6. The molecule has 0 aliphatic carbocycles. The highest BCUT2D eigenvalue weighted by Gasteiger charge is 2.43. The Morgan fingerprint density at radius 1 is 0.902 bits per heavy atom. The van der Waals surface area contributed by atoms with Gasteiger partial charge >= 0.3 is 6.03 Å². The van der Waals surface area contributed by atoms with Crippen LogP contribution in [0.3, 0.4) is 0 Å². The van der Waals surface area contributed by atoms with Crippen molar-refractivity contribution in [2.24, 2.45) is 23.7 Å². The molecule has 4 N–H and O–H groups in total. The van der Waals surface area contributed by atoms with Crippen LogP contribution in [0.5, 0.6) is 0 Å². The van der Waals surface area contributed by atoms with E-state index >= 15 is 0 Å². The van der Waals surface area contributed by atoms with Gasteiger partial charge in [0.2, 0.25) is 23.6 Å². The number of benzene rings is 1. The number of carbonyl (C=O) groups is 5. The van der Waals surface area contributed by atoms with Crippen LogP contribution in [0, 0.1) is 23.7 Å². The zero-order chi connectivity index (χ0) is 46.4. The highest BCUT2D eigenvalue weighted by molar-refractivity contribution is 8.01. The average Bonchev–Trinajstić information content (AvgIpc) is 3.70. The van der Waals surface area contributed by atoms with E-state index in [0.717, 1.165) is 6.42 Å². The fourth-order valence-electron chi connectivity index (χ4n) is 8.48. The molecule has 2 rings (SSSR count). The molecule has 350 valence electrons. The predicted octanol–water partition coefficient (Wildman–Crippen LogP) is 3.62. The fraction of sp³-hybridized carbons (Fsp3) is 0.756. The van der Waals surface area contributed by atoms with Crippen molar-refractivity contribution < 1.29 is 42.8 Å². The summed E-state index contributed by atoms with van der Waals surface area (Å²) in [5.74, 6) is -2.10. The molecule has 15 nitrogen and oxygen atoms in total. The third-order valence-corrected chi connectivity index (χ3v) is 13.7. The number of ether oxygens (including phenoxy) is 2. The van der Waals surface area contributed by atoms with Gasteiger partial charge in [0.1, 0.15) is 12.1 Å². The van der Waals surface area contributed by atoms with E-state index in [4.69, 9.17) is 9.47 Å². The Morgan fingerprint density at radius 2 is 1.52 bits per heavy atom. The first-order valence-electron chi connectivity index (χ1n) is 22.0. The number of amides is 6. The van der Waals surface area contributed by atoms with E-state index in [1.807, 2.05) is 59.7 Å². The van der Waals surface area contributed by atoms with Crippen molar-refractivity contribution >= 4 is 39.6 Å². The van der Waals surface area contributed by atoms with Crippen molar-refractivity contribution in [1.82, 2.24) is 30.7 Å². The zero-order valence-electron chi connectivity index (χ0n) is 39.5. The number of aliphatic hydroxyl groups excluding tert-OH is 1. The lowest BCUT2D eigenvalue weighted by Crippen LogP contribution is -2.61. The van der Waals surface area contributed by atoms with Crippen LogP contribution < -0.4 is 16.0 Å². The highest BCUT2D eigenvalue weighted by atomic mass is 32.2. The first-order chi connectivity index (χ1) is 28.5. The van der Waals surface area contributed by atoms with Gasteiger partial charge in [0.25, 0.3) is 0 Å². The van der Waals surface area contributed by atoms with Crippen LogP contribution in [0.2, 0.25) is 0 Å². The molecule has 1 fully saturated rings. The Bertz CT molecular complexity index is 1610. The number of carbonyl (C=O) groups excluding carboxylic acids is 5. The first kappa shape index (κ1) is 53.5. The van der Waals surface area contributed by atoms with Crippen LogP contribution in [0.25, 0.3) is 0 Å². The van der Waals surface area contributed by atoms with Gasteiger partial charge in [-0.1, -0.05) is 85.2 Å². The average molecular weight is 881 g/mol. The third kappa shape index (κ3) is 15.3. The summed E-state index contributed by atoms with van der Waals surface area (Å²) in [7, 11) is 4.08. The number of likely N-dealkylation sites (tertiary alicyclic amines) is 1. The van der Waals surface area contributed by atoms with Crippen molar-refractivity contribution in [2.75, 3.05) is 59.7 Å². The number of hydrogen-bond donors (Lipinski definition) is 5. The van der Waals surface area contributed by atoms with Crippen molar-refractivity contribution in [2.45, 2.75) is 136 Å². The molecule has 0 radical (unpaired) electrons. The van der Waals surface area contributed by atoms with Crippen molar-refractivity contribution in [1.29, 1.82) is 0 Å². The molecule has 61 heavy (non-hydrogen) atoms. The normalized spacial score (nSPS) is 19.2. The monoisotopic (exact) mass is 881 g/mol. The minimum absolute atomic E-state index is 0.0287. The largest absolute Gasteiger partial charge is 0.386 e. The molecular formula is C45H80N6O9S. The van der Waals surface area contributed by atoms with E-state index in [0.29, 0.717) is 43.7 Å². The van der Waals surface area contributed by atoms with Gasteiger partial charge in [-0.05, 0) is 62.0 Å². The number of nitrogens with zero attached hydrogens (tertiary/aromatic N) is 3. The number of likely N-dealkylation sites (N-methyl/N-ethyl adjacent to an activating group) is 2. The SMILES string of the molecule is CC[C@H](C)[C@@H]([C@@H](CC(=O)N1CCC[C@H]1[C@H](OC)[C@@H](C)C(=O)N[C@H](C)[C@@H](O)c1ccccc1)OC)N(C)C(=O)[C@@H](NC(=O)C(C(C)C)N(C)C(=O)NCCC[SH](C)(C)=O)C(C)C. The zero-order valence-corrected chi connectivity index (χ0v) is 40.4. The second-order valence-electron chi connectivity index (χ2n) is 18.2. The Kier molecular flexibility index (Phi) is 21.8. The van der Waals surface area contributed by atoms with Gasteiger partial charge in [0, 0.05) is 47.2 Å². The molecule has 1 aromatic rings. The molecule has 10 atom stereocenters. The maximum Gasteiger partial charge on any atom is 0.317 e. The van der Waals surface area contributed by atoms with Gasteiger partial charge in [-0.15, -0.1) is 9.93 Å². The number of hydrogen-bond acceptors (Lipinski definition) is 9. The lowest BCUT2D eigenvalue weighted by atomic mass is 9.89. The van der Waals surface area contributed by atoms with Crippen LogP contribution in [-0.2, 0) is 38.6 Å². The van der Waals surface area contributed by atoms with Crippen LogP contribution in [0.4, 0.5) is 4.79 Å². The summed E-state index contributed by atoms with van der Waals surface area (Å²) < 4.78 is 24.1. The summed E-state index contributed by atoms with van der Waals surface area (Å²) >= 11 is 0. The molecule has 16 heteroatoms. The maximum absolute atomic E-state index is 14.5. The van der Waals surface area contributed by atoms with Gasteiger partial charge in [-0.25, -0.2) is 4.79 Å². The molecule has 6 amide bonds. The molecule has 1 aromatic carbocycles. The van der Waals surface area contributed by atoms with Gasteiger partial charge in [0.15, 0.2) is 0 Å². The van der Waals surface area contributed by atoms with E-state index in [2.05, 4.69) is 16.0 Å². The molecule has 1 aliphatic heterocycles. The third-order valence-electron chi connectivity index (χ3n) is 12.3. The smallest absolute Gasteiger partial charge is 0.317 e. The van der Waals surface area contributed by atoms with Gasteiger partial charge in [-0.2, -0.15) is 0 Å². The van der Waals surface area contributed by atoms with Crippen molar-refractivity contribution in [3.8, 4) is 0 Å². The summed E-state index contributed by atoms with van der Waals surface area (Å²) in [4.78, 5) is 74.1. The second kappa shape index (κ2) is 24.9. The Morgan fingerprint density at radius 3 is 2.05 bits per heavy atom. The topological polar surface area (TPSA) is 187 Å². The van der Waals surface area contributed by atoms with E-state index in [9.17, 15) is 33.3 Å². The van der Waals surface area contributed by atoms with Gasteiger partial charge in [-0.3, -0.25) is 23.4 Å². The fourth-order valence-corrected chi connectivity index (χ4v) is 9.40. The second-order valence-corrected chi connectivity index (χ2v) is 21.8. The van der Waals surface area contributed by atoms with Crippen molar-refractivity contribution in [3.63, 3.8) is 0 Å². The summed E-state index contributed by atoms with van der Waals surface area (Å²) in [5.41, 5.74) is 0.693. The molecule has 1 unspecified atom stereocenters. The van der Waals surface area contributed by atoms with Crippen LogP contribution in [0.15, 0.2) is 30.3 Å². The standard InChI is InChI=1S/C45H80N6O9S/c1-15-30(6)39(49(9)44(56)37(28(2)3)48-43(55)38(29(4)5)50(10)45(57)46-24-20-26-61(13,14)58)35(59-11)27-36(52)51-25-19-23-34(51)41(60-12)31(7)42(54)47-32(8)40(53)33-21-17-16-18-22-33/h16-18,21-22,28-32,34-35,37-41,53,61H,15,19-20,23-27H2,1-14H3,(H,46,57)(H,47,54)(H,48,55)/t30-,31+,32+,34-,35+,37-,38?,39-,40+,41+/m0/s1. The molecule has 0 spiro atoms. The molecule has 0 saturated carbocycles. The highest BCUT2D eigenvalue weighted by Crippen LogP contribution is 2.30. The van der Waals surface area contributed by atoms with Crippen molar-refractivity contribution in [3.05, 3.63) is 35.9 Å². The molecule has 0 bridgehead atoms. The van der Waals surface area contributed by atoms with E-state index in [1.54, 1.807) is 62.4 Å². The molecule has 0 aromatic heterocycles. The maximum atomic E-state index is 14.5. The number of nitrogens with one attached hydrogen (secondary N) is 3. The van der Waals surface area contributed by atoms with E-state index in [-0.39, 0.29) is 47.9 Å². The predicted molar refractivity (Wildman–Crippen MR) is 243 cm³/mol. The van der Waals surface area contributed by atoms with E-state index < -0.39 is 70.3 Å². The van der Waals surface area contributed by atoms with Crippen LogP contribution in [0.1, 0.15) is 99.2 Å². The minimum atomic E-state index is -2.22. The molecule has 1 aliphatic rings. The summed E-state index contributed by atoms with van der Waals surface area (Å²) in [6.07, 6.45) is 3.77. The Labute approximate surface area is 367 Å².